The van der Waals surface area contributed by atoms with E-state index in [9.17, 15) is 9.59 Å². The van der Waals surface area contributed by atoms with E-state index in [1.807, 2.05) is 25.1 Å². The molecule has 2 aromatic carbocycles. The van der Waals surface area contributed by atoms with Gasteiger partial charge in [0, 0.05) is 13.1 Å². The summed E-state index contributed by atoms with van der Waals surface area (Å²) >= 11 is 0. The van der Waals surface area contributed by atoms with Gasteiger partial charge < -0.3 is 20.1 Å². The molecule has 0 unspecified atom stereocenters. The SMILES string of the molecule is CCNC(=O)COc1ccc(CNC(=O)Cc2ccc(CC(C)C)cc2)cc1OC. The Bertz CT molecular complexity index is 832. The molecule has 0 aliphatic carbocycles. The summed E-state index contributed by atoms with van der Waals surface area (Å²) in [6, 6.07) is 13.6. The first kappa shape index (κ1) is 23.3. The Hall–Kier alpha value is -3.02. The summed E-state index contributed by atoms with van der Waals surface area (Å²) in [6.45, 7) is 7.10. The van der Waals surface area contributed by atoms with E-state index in [4.69, 9.17) is 9.47 Å². The highest BCUT2D eigenvalue weighted by molar-refractivity contribution is 5.78. The van der Waals surface area contributed by atoms with E-state index < -0.39 is 0 Å². The predicted molar refractivity (Wildman–Crippen MR) is 118 cm³/mol. The number of hydrogen-bond donors (Lipinski definition) is 2. The van der Waals surface area contributed by atoms with Crippen molar-refractivity contribution in [3.63, 3.8) is 0 Å². The molecule has 2 amide bonds. The number of methoxy groups -OCH3 is 1. The van der Waals surface area contributed by atoms with Crippen molar-refractivity contribution in [3.05, 3.63) is 59.2 Å². The third-order valence-corrected chi connectivity index (χ3v) is 4.48. The van der Waals surface area contributed by atoms with Gasteiger partial charge in [0.05, 0.1) is 13.5 Å². The highest BCUT2D eigenvalue weighted by atomic mass is 16.5. The van der Waals surface area contributed by atoms with Crippen LogP contribution in [0.4, 0.5) is 0 Å². The molecule has 0 atom stereocenters. The molecular formula is C24H32N2O4. The molecule has 0 aliphatic heterocycles. The van der Waals surface area contributed by atoms with E-state index in [1.54, 1.807) is 19.2 Å². The molecule has 2 aromatic rings. The van der Waals surface area contributed by atoms with E-state index in [0.29, 0.717) is 36.9 Å². The van der Waals surface area contributed by atoms with Crippen LogP contribution in [0.3, 0.4) is 0 Å². The smallest absolute Gasteiger partial charge is 0.257 e. The molecule has 2 rings (SSSR count). The number of amides is 2. The molecule has 0 aromatic heterocycles. The van der Waals surface area contributed by atoms with E-state index in [2.05, 4.69) is 36.6 Å². The number of ether oxygens (including phenoxy) is 2. The molecule has 2 N–H and O–H groups in total. The first-order valence-electron chi connectivity index (χ1n) is 10.3. The Balaban J connectivity index is 1.87. The lowest BCUT2D eigenvalue weighted by Crippen LogP contribution is -2.28. The number of carbonyl (C=O) groups is 2. The van der Waals surface area contributed by atoms with Crippen molar-refractivity contribution in [2.45, 2.75) is 40.2 Å². The summed E-state index contributed by atoms with van der Waals surface area (Å²) < 4.78 is 10.9. The topological polar surface area (TPSA) is 76.7 Å². The van der Waals surface area contributed by atoms with Gasteiger partial charge in [0.15, 0.2) is 18.1 Å². The maximum absolute atomic E-state index is 12.3. The summed E-state index contributed by atoms with van der Waals surface area (Å²) in [4.78, 5) is 23.8. The molecule has 6 nitrogen and oxygen atoms in total. The third kappa shape index (κ3) is 7.78. The fourth-order valence-electron chi connectivity index (χ4n) is 3.05. The lowest BCUT2D eigenvalue weighted by atomic mass is 10.0. The standard InChI is InChI=1S/C24H32N2O4/c1-5-25-24(28)16-30-21-11-10-20(13-22(21)29-4)15-26-23(27)14-19-8-6-18(7-9-19)12-17(2)3/h6-11,13,17H,5,12,14-16H2,1-4H3,(H,25,28)(H,26,27). The zero-order valence-corrected chi connectivity index (χ0v) is 18.3. The van der Waals surface area contributed by atoms with Gasteiger partial charge in [0.2, 0.25) is 5.91 Å². The number of carbonyl (C=O) groups excluding carboxylic acids is 2. The fourth-order valence-corrected chi connectivity index (χ4v) is 3.05. The zero-order chi connectivity index (χ0) is 21.9. The molecule has 0 fully saturated rings. The van der Waals surface area contributed by atoms with Crippen molar-refractivity contribution < 1.29 is 19.1 Å². The van der Waals surface area contributed by atoms with Crippen molar-refractivity contribution >= 4 is 11.8 Å². The number of likely N-dealkylation sites (N-methyl/N-ethyl adjacent to an activating group) is 1. The highest BCUT2D eigenvalue weighted by Crippen LogP contribution is 2.28. The normalized spacial score (nSPS) is 10.6. The molecular weight excluding hydrogens is 380 g/mol. The van der Waals surface area contributed by atoms with Crippen LogP contribution >= 0.6 is 0 Å². The van der Waals surface area contributed by atoms with Gasteiger partial charge in [-0.3, -0.25) is 9.59 Å². The monoisotopic (exact) mass is 412 g/mol. The minimum absolute atomic E-state index is 0.0397. The van der Waals surface area contributed by atoms with Crippen molar-refractivity contribution in [3.8, 4) is 11.5 Å². The zero-order valence-electron chi connectivity index (χ0n) is 18.3. The molecule has 6 heteroatoms. The van der Waals surface area contributed by atoms with Crippen molar-refractivity contribution in [2.24, 2.45) is 5.92 Å². The van der Waals surface area contributed by atoms with E-state index >= 15 is 0 Å². The number of rotatable bonds is 11. The average molecular weight is 413 g/mol. The van der Waals surface area contributed by atoms with Gasteiger partial charge >= 0.3 is 0 Å². The second kappa shape index (κ2) is 11.9. The molecule has 0 heterocycles. The largest absolute Gasteiger partial charge is 0.493 e. The first-order valence-corrected chi connectivity index (χ1v) is 10.3. The molecule has 0 saturated heterocycles. The van der Waals surface area contributed by atoms with Gasteiger partial charge in [-0.15, -0.1) is 0 Å². The number of benzene rings is 2. The van der Waals surface area contributed by atoms with Gasteiger partial charge in [-0.2, -0.15) is 0 Å². The Morgan fingerprint density at radius 3 is 2.20 bits per heavy atom. The van der Waals surface area contributed by atoms with Crippen LogP contribution in [-0.4, -0.2) is 32.1 Å². The number of hydrogen-bond acceptors (Lipinski definition) is 4. The first-order chi connectivity index (χ1) is 14.4. The summed E-state index contributed by atoms with van der Waals surface area (Å²) in [7, 11) is 1.54. The van der Waals surface area contributed by atoms with Crippen molar-refractivity contribution in [1.29, 1.82) is 0 Å². The van der Waals surface area contributed by atoms with Gasteiger partial charge in [0.1, 0.15) is 0 Å². The fraction of sp³-hybridized carbons (Fsp3) is 0.417. The third-order valence-electron chi connectivity index (χ3n) is 4.48. The average Bonchev–Trinajstić information content (AvgIpc) is 2.72. The molecule has 0 saturated carbocycles. The molecule has 0 spiro atoms. The molecule has 0 bridgehead atoms. The lowest BCUT2D eigenvalue weighted by Gasteiger charge is -2.12. The molecule has 0 aliphatic rings. The van der Waals surface area contributed by atoms with Crippen LogP contribution < -0.4 is 20.1 Å². The Kier molecular flexibility index (Phi) is 9.19. The van der Waals surface area contributed by atoms with Crippen LogP contribution in [0.5, 0.6) is 11.5 Å². The number of nitrogens with one attached hydrogen (secondary N) is 2. The summed E-state index contributed by atoms with van der Waals surface area (Å²) in [6.07, 6.45) is 1.38. The van der Waals surface area contributed by atoms with Gasteiger partial charge in [-0.25, -0.2) is 0 Å². The van der Waals surface area contributed by atoms with Gasteiger partial charge in [-0.05, 0) is 48.1 Å². The minimum Gasteiger partial charge on any atom is -0.493 e. The van der Waals surface area contributed by atoms with E-state index in [1.165, 1.54) is 5.56 Å². The van der Waals surface area contributed by atoms with Crippen LogP contribution in [0.15, 0.2) is 42.5 Å². The predicted octanol–water partition coefficient (Wildman–Crippen LogP) is 3.27. The maximum atomic E-state index is 12.3. The summed E-state index contributed by atoms with van der Waals surface area (Å²) in [5, 5.41) is 5.61. The molecule has 162 valence electrons. The van der Waals surface area contributed by atoms with E-state index in [-0.39, 0.29) is 18.4 Å². The highest BCUT2D eigenvalue weighted by Gasteiger charge is 2.10. The summed E-state index contributed by atoms with van der Waals surface area (Å²) in [5.41, 5.74) is 3.17. The van der Waals surface area contributed by atoms with Gasteiger partial charge in [-0.1, -0.05) is 44.2 Å². The van der Waals surface area contributed by atoms with Crippen LogP contribution in [0.2, 0.25) is 0 Å². The van der Waals surface area contributed by atoms with Gasteiger partial charge in [0.25, 0.3) is 5.91 Å². The second-order valence-corrected chi connectivity index (χ2v) is 7.60. The summed E-state index contributed by atoms with van der Waals surface area (Å²) in [5.74, 6) is 1.39. The Morgan fingerprint density at radius 1 is 0.900 bits per heavy atom. The van der Waals surface area contributed by atoms with Crippen molar-refractivity contribution in [2.75, 3.05) is 20.3 Å². The molecule has 30 heavy (non-hydrogen) atoms. The maximum Gasteiger partial charge on any atom is 0.257 e. The Morgan fingerprint density at radius 2 is 1.57 bits per heavy atom. The van der Waals surface area contributed by atoms with Crippen LogP contribution in [0.1, 0.15) is 37.5 Å². The van der Waals surface area contributed by atoms with E-state index in [0.717, 1.165) is 17.5 Å². The van der Waals surface area contributed by atoms with Crippen LogP contribution in [0.25, 0.3) is 0 Å². The van der Waals surface area contributed by atoms with Crippen LogP contribution in [0, 0.1) is 5.92 Å². The van der Waals surface area contributed by atoms with Crippen molar-refractivity contribution in [1.82, 2.24) is 10.6 Å². The second-order valence-electron chi connectivity index (χ2n) is 7.60. The Labute approximate surface area is 179 Å². The lowest BCUT2D eigenvalue weighted by molar-refractivity contribution is -0.123. The minimum atomic E-state index is -0.187. The quantitative estimate of drug-likeness (QED) is 0.594. The molecule has 0 radical (unpaired) electrons. The van der Waals surface area contributed by atoms with Crippen LogP contribution in [-0.2, 0) is 29.0 Å².